The van der Waals surface area contributed by atoms with E-state index in [0.29, 0.717) is 36.9 Å². The minimum absolute atomic E-state index is 0.143. The Balaban J connectivity index is 1.40. The zero-order valence-corrected chi connectivity index (χ0v) is 19.0. The fourth-order valence-corrected chi connectivity index (χ4v) is 6.01. The Hall–Kier alpha value is -2.87. The molecule has 0 spiro atoms. The van der Waals surface area contributed by atoms with E-state index in [4.69, 9.17) is 5.26 Å². The van der Waals surface area contributed by atoms with Crippen LogP contribution in [-0.4, -0.2) is 47.0 Å². The number of imidazole rings is 1. The lowest BCUT2D eigenvalue weighted by molar-refractivity contribution is -0.113. The Morgan fingerprint density at radius 2 is 1.84 bits per heavy atom. The van der Waals surface area contributed by atoms with Gasteiger partial charge in [0.1, 0.15) is 0 Å². The first-order valence-corrected chi connectivity index (χ1v) is 12.8. The number of rotatable bonds is 8. The summed E-state index contributed by atoms with van der Waals surface area (Å²) in [6.45, 7) is 1.61. The van der Waals surface area contributed by atoms with Gasteiger partial charge in [0.2, 0.25) is 15.9 Å². The topological polar surface area (TPSA) is 108 Å². The number of nitriles is 1. The normalized spacial score (nSPS) is 14.5. The number of aromatic nitrogens is 2. The van der Waals surface area contributed by atoms with Gasteiger partial charge in [0.15, 0.2) is 5.16 Å². The molecule has 0 saturated carbocycles. The Labute approximate surface area is 191 Å². The second-order valence-electron chi connectivity index (χ2n) is 7.42. The van der Waals surface area contributed by atoms with Crippen molar-refractivity contribution in [1.82, 2.24) is 13.9 Å². The first kappa shape index (κ1) is 22.3. The molecular weight excluding hydrogens is 446 g/mol. The number of fused-ring (bicyclic) bond motifs is 1. The summed E-state index contributed by atoms with van der Waals surface area (Å²) in [7, 11) is -3.47. The number of thioether (sulfide) groups is 1. The lowest BCUT2D eigenvalue weighted by Crippen LogP contribution is -2.27. The van der Waals surface area contributed by atoms with E-state index in [1.807, 2.05) is 28.8 Å². The van der Waals surface area contributed by atoms with Crippen molar-refractivity contribution in [2.24, 2.45) is 0 Å². The summed E-state index contributed by atoms with van der Waals surface area (Å²) in [4.78, 5) is 17.3. The molecule has 2 aromatic carbocycles. The molecule has 0 aliphatic carbocycles. The maximum Gasteiger partial charge on any atom is 0.243 e. The average Bonchev–Trinajstić information content (AvgIpc) is 3.45. The van der Waals surface area contributed by atoms with Crippen molar-refractivity contribution < 1.29 is 13.2 Å². The van der Waals surface area contributed by atoms with Crippen LogP contribution in [0.15, 0.2) is 58.6 Å². The number of amides is 1. The van der Waals surface area contributed by atoms with Crippen LogP contribution in [0.1, 0.15) is 19.3 Å². The fourth-order valence-electron chi connectivity index (χ4n) is 3.66. The second kappa shape index (κ2) is 9.73. The highest BCUT2D eigenvalue weighted by molar-refractivity contribution is 7.99. The van der Waals surface area contributed by atoms with Gasteiger partial charge < -0.3 is 9.88 Å². The number of hydrogen-bond donors (Lipinski definition) is 1. The van der Waals surface area contributed by atoms with E-state index in [2.05, 4.69) is 16.4 Å². The number of carbonyl (C=O) groups excluding carboxylic acids is 1. The molecular formula is C22H23N5O3S2. The molecule has 3 aromatic rings. The number of carbonyl (C=O) groups is 1. The lowest BCUT2D eigenvalue weighted by atomic mass is 10.3. The fraction of sp³-hybridized carbons (Fsp3) is 0.318. The standard InChI is InChI=1S/C22H23N5O3S2/c23-12-5-15-27-20-7-2-1-6-19(20)25-22(27)31-16-21(28)24-17-8-10-18(11-9-17)32(29,30)26-13-3-4-14-26/h1-2,6-11H,3-5,13-16H2,(H,24,28). The molecule has 166 valence electrons. The molecule has 0 atom stereocenters. The largest absolute Gasteiger partial charge is 0.325 e. The van der Waals surface area contributed by atoms with Gasteiger partial charge in [-0.2, -0.15) is 9.57 Å². The van der Waals surface area contributed by atoms with Crippen LogP contribution >= 0.6 is 11.8 Å². The van der Waals surface area contributed by atoms with Gasteiger partial charge in [0.25, 0.3) is 0 Å². The molecule has 2 heterocycles. The molecule has 1 fully saturated rings. The van der Waals surface area contributed by atoms with E-state index in [1.165, 1.54) is 28.2 Å². The molecule has 1 aliphatic rings. The number of hydrogen-bond acceptors (Lipinski definition) is 6. The minimum atomic E-state index is -3.47. The highest BCUT2D eigenvalue weighted by atomic mass is 32.2. The van der Waals surface area contributed by atoms with Crippen molar-refractivity contribution in [3.8, 4) is 6.07 Å². The zero-order chi connectivity index (χ0) is 22.6. The summed E-state index contributed by atoms with van der Waals surface area (Å²) >= 11 is 1.30. The van der Waals surface area contributed by atoms with Crippen molar-refractivity contribution >= 4 is 44.4 Å². The molecule has 1 saturated heterocycles. The first-order chi connectivity index (χ1) is 15.5. The number of nitrogens with zero attached hydrogens (tertiary/aromatic N) is 4. The quantitative estimate of drug-likeness (QED) is 0.506. The van der Waals surface area contributed by atoms with Crippen LogP contribution in [0.3, 0.4) is 0 Å². The average molecular weight is 470 g/mol. The highest BCUT2D eigenvalue weighted by Crippen LogP contribution is 2.25. The van der Waals surface area contributed by atoms with E-state index in [0.717, 1.165) is 23.9 Å². The number of sulfonamides is 1. The molecule has 1 N–H and O–H groups in total. The summed E-state index contributed by atoms with van der Waals surface area (Å²) in [6.07, 6.45) is 2.12. The van der Waals surface area contributed by atoms with Gasteiger partial charge in [-0.25, -0.2) is 13.4 Å². The molecule has 0 bridgehead atoms. The van der Waals surface area contributed by atoms with E-state index in [-0.39, 0.29) is 16.6 Å². The second-order valence-corrected chi connectivity index (χ2v) is 10.3. The molecule has 4 rings (SSSR count). The van der Waals surface area contributed by atoms with Gasteiger partial charge in [-0.3, -0.25) is 4.79 Å². The van der Waals surface area contributed by atoms with E-state index in [9.17, 15) is 13.2 Å². The van der Waals surface area contributed by atoms with Crippen molar-refractivity contribution in [2.75, 3.05) is 24.2 Å². The van der Waals surface area contributed by atoms with Gasteiger partial charge in [-0.1, -0.05) is 23.9 Å². The summed E-state index contributed by atoms with van der Waals surface area (Å²) < 4.78 is 28.7. The van der Waals surface area contributed by atoms with Gasteiger partial charge in [0, 0.05) is 25.3 Å². The first-order valence-electron chi connectivity index (χ1n) is 10.3. The smallest absolute Gasteiger partial charge is 0.243 e. The summed E-state index contributed by atoms with van der Waals surface area (Å²) in [5.74, 6) is -0.0759. The number of para-hydroxylation sites is 2. The molecule has 8 nitrogen and oxygen atoms in total. The van der Waals surface area contributed by atoms with E-state index in [1.54, 1.807) is 12.1 Å². The number of anilines is 1. The number of benzene rings is 2. The molecule has 1 aliphatic heterocycles. The number of aryl methyl sites for hydroxylation is 1. The maximum absolute atomic E-state index is 12.6. The van der Waals surface area contributed by atoms with Gasteiger partial charge in [-0.15, -0.1) is 0 Å². The van der Waals surface area contributed by atoms with Gasteiger partial charge >= 0.3 is 0 Å². The van der Waals surface area contributed by atoms with Crippen molar-refractivity contribution in [1.29, 1.82) is 5.26 Å². The van der Waals surface area contributed by atoms with Crippen LogP contribution in [0.5, 0.6) is 0 Å². The Bertz CT molecular complexity index is 1260. The van der Waals surface area contributed by atoms with Crippen LogP contribution in [0.25, 0.3) is 11.0 Å². The van der Waals surface area contributed by atoms with Gasteiger partial charge in [0.05, 0.1) is 34.2 Å². The van der Waals surface area contributed by atoms with E-state index < -0.39 is 10.0 Å². The molecule has 1 aromatic heterocycles. The van der Waals surface area contributed by atoms with Crippen molar-refractivity contribution in [3.63, 3.8) is 0 Å². The third-order valence-electron chi connectivity index (χ3n) is 5.24. The summed E-state index contributed by atoms with van der Waals surface area (Å²) in [6, 6.07) is 16.1. The van der Waals surface area contributed by atoms with E-state index >= 15 is 0 Å². The third-order valence-corrected chi connectivity index (χ3v) is 8.13. The molecule has 0 radical (unpaired) electrons. The Morgan fingerprint density at radius 1 is 1.12 bits per heavy atom. The lowest BCUT2D eigenvalue weighted by Gasteiger charge is -2.15. The molecule has 10 heteroatoms. The van der Waals surface area contributed by atoms with Crippen LogP contribution in [-0.2, 0) is 21.4 Å². The predicted molar refractivity (Wildman–Crippen MR) is 124 cm³/mol. The van der Waals surface area contributed by atoms with Crippen LogP contribution in [0, 0.1) is 11.3 Å². The predicted octanol–water partition coefficient (Wildman–Crippen LogP) is 3.47. The molecule has 32 heavy (non-hydrogen) atoms. The SMILES string of the molecule is N#CCCn1c(SCC(=O)Nc2ccc(S(=O)(=O)N3CCCC3)cc2)nc2ccccc21. The monoisotopic (exact) mass is 469 g/mol. The minimum Gasteiger partial charge on any atom is -0.325 e. The van der Waals surface area contributed by atoms with Crippen LogP contribution in [0.2, 0.25) is 0 Å². The van der Waals surface area contributed by atoms with Crippen LogP contribution in [0.4, 0.5) is 5.69 Å². The van der Waals surface area contributed by atoms with Crippen molar-refractivity contribution in [3.05, 3.63) is 48.5 Å². The Morgan fingerprint density at radius 3 is 2.56 bits per heavy atom. The maximum atomic E-state index is 12.6. The van der Waals surface area contributed by atoms with Crippen molar-refractivity contribution in [2.45, 2.75) is 35.9 Å². The van der Waals surface area contributed by atoms with Gasteiger partial charge in [-0.05, 0) is 49.2 Å². The number of nitrogens with one attached hydrogen (secondary N) is 1. The highest BCUT2D eigenvalue weighted by Gasteiger charge is 2.27. The zero-order valence-electron chi connectivity index (χ0n) is 17.4. The summed E-state index contributed by atoms with van der Waals surface area (Å²) in [5, 5.41) is 12.4. The third kappa shape index (κ3) is 4.80. The molecule has 0 unspecified atom stereocenters. The Kier molecular flexibility index (Phi) is 6.79. The molecule has 1 amide bonds. The summed E-state index contributed by atoms with van der Waals surface area (Å²) in [5.41, 5.74) is 2.29. The van der Waals surface area contributed by atoms with Crippen LogP contribution < -0.4 is 5.32 Å².